The van der Waals surface area contributed by atoms with Gasteiger partial charge in [0.05, 0.1) is 12.5 Å². The third-order valence-corrected chi connectivity index (χ3v) is 5.05. The van der Waals surface area contributed by atoms with Crippen LogP contribution >= 0.6 is 11.3 Å². The number of fused-ring (bicyclic) bond motifs is 1. The fourth-order valence-corrected chi connectivity index (χ4v) is 3.78. The van der Waals surface area contributed by atoms with Crippen LogP contribution in [0.25, 0.3) is 0 Å². The molecule has 0 spiro atoms. The molecule has 1 aliphatic rings. The van der Waals surface area contributed by atoms with Gasteiger partial charge in [0.1, 0.15) is 0 Å². The molecule has 18 heavy (non-hydrogen) atoms. The Morgan fingerprint density at radius 2 is 2.28 bits per heavy atom. The maximum Gasteiger partial charge on any atom is 0.0947 e. The second-order valence-corrected chi connectivity index (χ2v) is 6.21. The maximum absolute atomic E-state index is 5.08. The molecule has 2 aromatic rings. The van der Waals surface area contributed by atoms with E-state index in [2.05, 4.69) is 18.3 Å². The number of rotatable bonds is 4. The lowest BCUT2D eigenvalue weighted by atomic mass is 9.99. The van der Waals surface area contributed by atoms with Gasteiger partial charge in [0, 0.05) is 27.9 Å². The largest absolute Gasteiger partial charge is 0.472 e. The second kappa shape index (κ2) is 5.29. The van der Waals surface area contributed by atoms with Crippen molar-refractivity contribution in [3.8, 4) is 0 Å². The summed E-state index contributed by atoms with van der Waals surface area (Å²) in [6.07, 6.45) is 8.82. The van der Waals surface area contributed by atoms with Crippen LogP contribution in [-0.4, -0.2) is 0 Å². The van der Waals surface area contributed by atoms with Crippen molar-refractivity contribution in [2.75, 3.05) is 0 Å². The van der Waals surface area contributed by atoms with Gasteiger partial charge < -0.3 is 9.73 Å². The Hall–Kier alpha value is -1.06. The van der Waals surface area contributed by atoms with E-state index in [1.54, 1.807) is 23.0 Å². The zero-order valence-corrected chi connectivity index (χ0v) is 11.6. The third-order valence-electron chi connectivity index (χ3n) is 3.63. The van der Waals surface area contributed by atoms with Crippen molar-refractivity contribution < 1.29 is 4.42 Å². The summed E-state index contributed by atoms with van der Waals surface area (Å²) < 4.78 is 5.08. The van der Waals surface area contributed by atoms with Crippen molar-refractivity contribution >= 4 is 11.3 Å². The van der Waals surface area contributed by atoms with Gasteiger partial charge in [0.25, 0.3) is 0 Å². The predicted octanol–water partition coefficient (Wildman–Crippen LogP) is 4.07. The molecule has 0 aromatic carbocycles. The zero-order valence-electron chi connectivity index (χ0n) is 10.7. The fourth-order valence-electron chi connectivity index (χ4n) is 2.49. The topological polar surface area (TPSA) is 25.2 Å². The molecule has 1 unspecified atom stereocenters. The molecule has 0 aliphatic heterocycles. The van der Waals surface area contributed by atoms with Gasteiger partial charge in [0.15, 0.2) is 0 Å². The number of hydrogen-bond acceptors (Lipinski definition) is 3. The van der Waals surface area contributed by atoms with Crippen molar-refractivity contribution in [2.24, 2.45) is 0 Å². The van der Waals surface area contributed by atoms with Crippen LogP contribution in [0.4, 0.5) is 0 Å². The summed E-state index contributed by atoms with van der Waals surface area (Å²) in [4.78, 5) is 3.10. The van der Waals surface area contributed by atoms with Crippen LogP contribution in [0.5, 0.6) is 0 Å². The van der Waals surface area contributed by atoms with E-state index in [4.69, 9.17) is 4.42 Å². The Bertz CT molecular complexity index is 477. The Morgan fingerprint density at radius 1 is 1.39 bits per heavy atom. The molecule has 3 rings (SSSR count). The summed E-state index contributed by atoms with van der Waals surface area (Å²) in [6.45, 7) is 3.12. The van der Waals surface area contributed by atoms with Gasteiger partial charge in [-0.1, -0.05) is 0 Å². The van der Waals surface area contributed by atoms with E-state index in [0.717, 1.165) is 6.54 Å². The molecule has 1 N–H and O–H groups in total. The average Bonchev–Trinajstić information content (AvgIpc) is 3.04. The van der Waals surface area contributed by atoms with Crippen molar-refractivity contribution in [3.05, 3.63) is 45.5 Å². The normalized spacial score (nSPS) is 16.5. The molecule has 96 valence electrons. The molecule has 0 bridgehead atoms. The highest BCUT2D eigenvalue weighted by atomic mass is 32.1. The van der Waals surface area contributed by atoms with Crippen LogP contribution in [-0.2, 0) is 19.4 Å². The molecule has 0 saturated heterocycles. The van der Waals surface area contributed by atoms with Gasteiger partial charge >= 0.3 is 0 Å². The van der Waals surface area contributed by atoms with Gasteiger partial charge in [-0.15, -0.1) is 11.3 Å². The third kappa shape index (κ3) is 2.52. The smallest absolute Gasteiger partial charge is 0.0947 e. The van der Waals surface area contributed by atoms with E-state index < -0.39 is 0 Å². The molecule has 3 heteroatoms. The minimum atomic E-state index is 0.426. The first-order valence-electron chi connectivity index (χ1n) is 6.69. The van der Waals surface area contributed by atoms with Crippen LogP contribution in [0.2, 0.25) is 0 Å². The predicted molar refractivity (Wildman–Crippen MR) is 74.9 cm³/mol. The van der Waals surface area contributed by atoms with Crippen LogP contribution in [0.1, 0.15) is 46.7 Å². The van der Waals surface area contributed by atoms with E-state index in [9.17, 15) is 0 Å². The molecule has 2 nitrogen and oxygen atoms in total. The van der Waals surface area contributed by atoms with E-state index in [1.807, 2.05) is 17.4 Å². The lowest BCUT2D eigenvalue weighted by Gasteiger charge is -2.10. The second-order valence-electron chi connectivity index (χ2n) is 5.04. The first-order chi connectivity index (χ1) is 8.83. The lowest BCUT2D eigenvalue weighted by Crippen LogP contribution is -2.16. The summed E-state index contributed by atoms with van der Waals surface area (Å²) in [5.74, 6) is 0. The molecule has 0 radical (unpaired) electrons. The molecule has 0 amide bonds. The minimum Gasteiger partial charge on any atom is -0.472 e. The SMILES string of the molecule is CC(NCc1ccoc1)c1cc2c(s1)CCCC2. The Kier molecular flexibility index (Phi) is 3.52. The number of aryl methyl sites for hydroxylation is 2. The number of nitrogens with one attached hydrogen (secondary N) is 1. The highest BCUT2D eigenvalue weighted by molar-refractivity contribution is 7.12. The lowest BCUT2D eigenvalue weighted by molar-refractivity contribution is 0.549. The fraction of sp³-hybridized carbons (Fsp3) is 0.467. The van der Waals surface area contributed by atoms with Crippen molar-refractivity contribution in [3.63, 3.8) is 0 Å². The summed E-state index contributed by atoms with van der Waals surface area (Å²) in [5.41, 5.74) is 2.81. The molecule has 2 aromatic heterocycles. The van der Waals surface area contributed by atoms with E-state index in [0.29, 0.717) is 6.04 Å². The van der Waals surface area contributed by atoms with Gasteiger partial charge in [-0.05, 0) is 50.3 Å². The standard InChI is InChI=1S/C15H19NOS/c1-11(16-9-12-6-7-17-10-12)15-8-13-4-2-3-5-14(13)18-15/h6-8,10-11,16H,2-5,9H2,1H3. The van der Waals surface area contributed by atoms with E-state index in [1.165, 1.54) is 36.1 Å². The van der Waals surface area contributed by atoms with Crippen LogP contribution in [0.3, 0.4) is 0 Å². The van der Waals surface area contributed by atoms with Crippen molar-refractivity contribution in [1.82, 2.24) is 5.32 Å². The molecular weight excluding hydrogens is 242 g/mol. The van der Waals surface area contributed by atoms with Crippen LogP contribution < -0.4 is 5.32 Å². The highest BCUT2D eigenvalue weighted by Gasteiger charge is 2.16. The minimum absolute atomic E-state index is 0.426. The first kappa shape index (κ1) is 12.0. The average molecular weight is 261 g/mol. The summed E-state index contributed by atoms with van der Waals surface area (Å²) in [7, 11) is 0. The van der Waals surface area contributed by atoms with Crippen molar-refractivity contribution in [1.29, 1.82) is 0 Å². The molecule has 0 fully saturated rings. The molecule has 2 heterocycles. The van der Waals surface area contributed by atoms with Gasteiger partial charge in [-0.2, -0.15) is 0 Å². The summed E-state index contributed by atoms with van der Waals surface area (Å²) >= 11 is 1.99. The Labute approximate surface area is 112 Å². The van der Waals surface area contributed by atoms with Gasteiger partial charge in [0.2, 0.25) is 0 Å². The Morgan fingerprint density at radius 3 is 3.06 bits per heavy atom. The van der Waals surface area contributed by atoms with E-state index in [-0.39, 0.29) is 0 Å². The quantitative estimate of drug-likeness (QED) is 0.897. The van der Waals surface area contributed by atoms with Crippen LogP contribution in [0, 0.1) is 0 Å². The summed E-state index contributed by atoms with van der Waals surface area (Å²) in [5, 5.41) is 3.56. The van der Waals surface area contributed by atoms with E-state index >= 15 is 0 Å². The summed E-state index contributed by atoms with van der Waals surface area (Å²) in [6, 6.07) is 4.85. The van der Waals surface area contributed by atoms with Crippen LogP contribution in [0.15, 0.2) is 29.1 Å². The maximum atomic E-state index is 5.08. The van der Waals surface area contributed by atoms with Gasteiger partial charge in [-0.25, -0.2) is 0 Å². The molecule has 0 saturated carbocycles. The van der Waals surface area contributed by atoms with Gasteiger partial charge in [-0.3, -0.25) is 0 Å². The Balaban J connectivity index is 1.64. The highest BCUT2D eigenvalue weighted by Crippen LogP contribution is 2.32. The molecule has 1 atom stereocenters. The molecular formula is C15H19NOS. The first-order valence-corrected chi connectivity index (χ1v) is 7.50. The number of furan rings is 1. The zero-order chi connectivity index (χ0) is 12.4. The van der Waals surface area contributed by atoms with Crippen molar-refractivity contribution in [2.45, 2.75) is 45.2 Å². The number of thiophene rings is 1. The molecule has 1 aliphatic carbocycles. The monoisotopic (exact) mass is 261 g/mol. The number of hydrogen-bond donors (Lipinski definition) is 1.